The van der Waals surface area contributed by atoms with Crippen molar-refractivity contribution in [1.29, 1.82) is 0 Å². The maximum absolute atomic E-state index is 15.0. The second kappa shape index (κ2) is 10.4. The van der Waals surface area contributed by atoms with Gasteiger partial charge in [-0.1, -0.05) is 13.3 Å². The topological polar surface area (TPSA) is 76.7 Å². The lowest BCUT2D eigenvalue weighted by molar-refractivity contribution is 0.0349. The van der Waals surface area contributed by atoms with Crippen LogP contribution in [0.3, 0.4) is 0 Å². The molecule has 0 radical (unpaired) electrons. The fraction of sp³-hybridized carbons (Fsp3) is 0.414. The number of carbonyl (C=O) groups excluding carboxylic acids is 1. The van der Waals surface area contributed by atoms with Crippen LogP contribution in [0.5, 0.6) is 0 Å². The number of aromatic nitrogens is 4. The minimum atomic E-state index is -0.769. The van der Waals surface area contributed by atoms with Gasteiger partial charge in [-0.15, -0.1) is 0 Å². The van der Waals surface area contributed by atoms with E-state index >= 15 is 4.39 Å². The van der Waals surface area contributed by atoms with Crippen molar-refractivity contribution in [2.75, 3.05) is 29.9 Å². The first-order valence-corrected chi connectivity index (χ1v) is 13.3. The molecule has 5 rings (SSSR count). The Hall–Kier alpha value is -3.79. The van der Waals surface area contributed by atoms with Gasteiger partial charge >= 0.3 is 0 Å². The Balaban J connectivity index is 1.50. The number of anilines is 2. The van der Waals surface area contributed by atoms with E-state index in [2.05, 4.69) is 33.3 Å². The summed E-state index contributed by atoms with van der Waals surface area (Å²) in [5.41, 5.74) is 3.15. The number of nitrogens with one attached hydrogen (secondary N) is 1. The Morgan fingerprint density at radius 3 is 2.74 bits per heavy atom. The number of hydrogen-bond acceptors (Lipinski definition) is 5. The number of pyridine rings is 1. The summed E-state index contributed by atoms with van der Waals surface area (Å²) in [6, 6.07) is 5.02. The van der Waals surface area contributed by atoms with Crippen molar-refractivity contribution in [3.8, 4) is 11.1 Å². The summed E-state index contributed by atoms with van der Waals surface area (Å²) in [4.78, 5) is 19.8. The third-order valence-electron chi connectivity index (χ3n) is 7.02. The van der Waals surface area contributed by atoms with Gasteiger partial charge in [-0.25, -0.2) is 14.1 Å². The molecule has 0 saturated carbocycles. The molecule has 1 amide bonds. The molecular weight excluding hydrogens is 502 g/mol. The third kappa shape index (κ3) is 5.25. The summed E-state index contributed by atoms with van der Waals surface area (Å²) in [6.45, 7) is 11.4. The summed E-state index contributed by atoms with van der Waals surface area (Å²) in [6.07, 6.45) is 8.91. The predicted octanol–water partition coefficient (Wildman–Crippen LogP) is 5.80. The van der Waals surface area contributed by atoms with E-state index < -0.39 is 23.2 Å². The molecule has 8 nitrogen and oxygen atoms in total. The maximum Gasteiger partial charge on any atom is 0.262 e. The second-order valence-electron chi connectivity index (χ2n) is 11.0. The van der Waals surface area contributed by atoms with Gasteiger partial charge in [0.15, 0.2) is 5.65 Å². The first-order valence-electron chi connectivity index (χ1n) is 13.3. The molecule has 4 aromatic rings. The van der Waals surface area contributed by atoms with Crippen LogP contribution in [-0.2, 0) is 10.3 Å². The molecule has 1 fully saturated rings. The van der Waals surface area contributed by atoms with Crippen LogP contribution in [0.15, 0.2) is 43.0 Å². The summed E-state index contributed by atoms with van der Waals surface area (Å²) in [7, 11) is 0. The average molecular weight is 537 g/mol. The van der Waals surface area contributed by atoms with E-state index in [1.807, 2.05) is 23.7 Å². The Morgan fingerprint density at radius 1 is 1.23 bits per heavy atom. The van der Waals surface area contributed by atoms with Crippen molar-refractivity contribution >= 4 is 22.9 Å². The van der Waals surface area contributed by atoms with Crippen LogP contribution in [-0.4, -0.2) is 50.9 Å². The third-order valence-corrected chi connectivity index (χ3v) is 7.02. The molecule has 1 unspecified atom stereocenters. The van der Waals surface area contributed by atoms with Crippen molar-refractivity contribution in [3.05, 3.63) is 65.9 Å². The van der Waals surface area contributed by atoms with Gasteiger partial charge < -0.3 is 19.4 Å². The highest BCUT2D eigenvalue weighted by Gasteiger charge is 2.26. The number of rotatable bonds is 6. The summed E-state index contributed by atoms with van der Waals surface area (Å²) >= 11 is 0. The molecular formula is C29H34F2N6O2. The molecule has 1 atom stereocenters. The van der Waals surface area contributed by atoms with E-state index in [9.17, 15) is 9.18 Å². The van der Waals surface area contributed by atoms with Crippen molar-refractivity contribution in [2.24, 2.45) is 0 Å². The molecule has 4 heterocycles. The molecule has 1 aliphatic heterocycles. The number of morpholine rings is 1. The first-order chi connectivity index (χ1) is 18.6. The van der Waals surface area contributed by atoms with E-state index in [1.165, 1.54) is 6.07 Å². The summed E-state index contributed by atoms with van der Waals surface area (Å²) in [5.74, 6) is -2.14. The number of aryl methyl sites for hydroxylation is 1. The fourth-order valence-corrected chi connectivity index (χ4v) is 5.05. The SMILES string of the molecule is CCCC1CN(c2cc(-c3cc(NC(=O)c4cnn(C(C)(C)C)c4F)c(F)cc3C)cn3ccnc23)CCO1. The van der Waals surface area contributed by atoms with Crippen molar-refractivity contribution in [1.82, 2.24) is 19.2 Å². The van der Waals surface area contributed by atoms with Gasteiger partial charge in [-0.3, -0.25) is 4.79 Å². The van der Waals surface area contributed by atoms with E-state index in [-0.39, 0.29) is 17.4 Å². The molecule has 206 valence electrons. The molecule has 1 aromatic carbocycles. The Morgan fingerprint density at radius 2 is 2.03 bits per heavy atom. The number of benzene rings is 1. The largest absolute Gasteiger partial charge is 0.375 e. The fourth-order valence-electron chi connectivity index (χ4n) is 5.05. The number of carbonyl (C=O) groups is 1. The normalized spacial score (nSPS) is 16.2. The van der Waals surface area contributed by atoms with Crippen molar-refractivity contribution in [3.63, 3.8) is 0 Å². The molecule has 1 saturated heterocycles. The first kappa shape index (κ1) is 26.8. The number of halogens is 2. The van der Waals surface area contributed by atoms with Crippen LogP contribution in [0.25, 0.3) is 16.8 Å². The van der Waals surface area contributed by atoms with E-state index in [1.54, 1.807) is 33.0 Å². The van der Waals surface area contributed by atoms with Crippen molar-refractivity contribution in [2.45, 2.75) is 59.1 Å². The van der Waals surface area contributed by atoms with Crippen LogP contribution in [0.1, 0.15) is 56.5 Å². The number of fused-ring (bicyclic) bond motifs is 1. The van der Waals surface area contributed by atoms with Gasteiger partial charge in [-0.05, 0) is 63.4 Å². The molecule has 1 N–H and O–H groups in total. The average Bonchev–Trinajstić information content (AvgIpc) is 3.52. The Kier molecular flexibility index (Phi) is 7.15. The highest BCUT2D eigenvalue weighted by molar-refractivity contribution is 6.04. The van der Waals surface area contributed by atoms with Crippen molar-refractivity contribution < 1.29 is 18.3 Å². The molecule has 0 aliphatic carbocycles. The van der Waals surface area contributed by atoms with E-state index in [4.69, 9.17) is 4.74 Å². The van der Waals surface area contributed by atoms with E-state index in [0.29, 0.717) is 12.2 Å². The summed E-state index contributed by atoms with van der Waals surface area (Å²) < 4.78 is 39.0. The zero-order valence-corrected chi connectivity index (χ0v) is 23.0. The molecule has 39 heavy (non-hydrogen) atoms. The zero-order chi connectivity index (χ0) is 27.9. The van der Waals surface area contributed by atoms with Gasteiger partial charge in [0.25, 0.3) is 5.91 Å². The summed E-state index contributed by atoms with van der Waals surface area (Å²) in [5, 5.41) is 6.56. The van der Waals surface area contributed by atoms with Gasteiger partial charge in [0.1, 0.15) is 11.4 Å². The van der Waals surface area contributed by atoms with Crippen LogP contribution < -0.4 is 10.2 Å². The smallest absolute Gasteiger partial charge is 0.262 e. The molecule has 10 heteroatoms. The zero-order valence-electron chi connectivity index (χ0n) is 23.0. The monoisotopic (exact) mass is 536 g/mol. The highest BCUT2D eigenvalue weighted by Crippen LogP contribution is 2.34. The number of ether oxygens (including phenoxy) is 1. The molecule has 0 bridgehead atoms. The molecule has 3 aromatic heterocycles. The van der Waals surface area contributed by atoms with Gasteiger partial charge in [-0.2, -0.15) is 9.49 Å². The van der Waals surface area contributed by atoms with Crippen LogP contribution in [0.2, 0.25) is 0 Å². The lowest BCUT2D eigenvalue weighted by Crippen LogP contribution is -2.42. The Labute approximate surface area is 226 Å². The quantitative estimate of drug-likeness (QED) is 0.337. The second-order valence-corrected chi connectivity index (χ2v) is 11.0. The predicted molar refractivity (Wildman–Crippen MR) is 147 cm³/mol. The Bertz CT molecular complexity index is 1520. The number of hydrogen-bond donors (Lipinski definition) is 1. The highest BCUT2D eigenvalue weighted by atomic mass is 19.1. The standard InChI is InChI=1S/C29H34F2N6O2/c1-6-7-20-17-35(10-11-39-20)25-13-19(16-36-9-8-32-27(25)36)21-14-24(23(30)12-18(21)2)34-28(38)22-15-33-37(26(22)31)29(3,4)5/h8-9,12-16,20H,6-7,10-11,17H2,1-5H3,(H,34,38). The molecule has 0 spiro atoms. The lowest BCUT2D eigenvalue weighted by atomic mass is 10.00. The van der Waals surface area contributed by atoms with Gasteiger partial charge in [0.05, 0.1) is 35.8 Å². The maximum atomic E-state index is 15.0. The number of imidazole rings is 1. The number of amides is 1. The van der Waals surface area contributed by atoms with Crippen LogP contribution in [0, 0.1) is 18.7 Å². The van der Waals surface area contributed by atoms with Gasteiger partial charge in [0, 0.05) is 37.2 Å². The lowest BCUT2D eigenvalue weighted by Gasteiger charge is -2.34. The minimum Gasteiger partial charge on any atom is -0.375 e. The minimum absolute atomic E-state index is 0.0369. The molecule has 1 aliphatic rings. The number of nitrogens with zero attached hydrogens (tertiary/aromatic N) is 5. The van der Waals surface area contributed by atoms with Gasteiger partial charge in [0.2, 0.25) is 5.95 Å². The van der Waals surface area contributed by atoms with E-state index in [0.717, 1.165) is 59.3 Å². The van der Waals surface area contributed by atoms with Crippen LogP contribution >= 0.6 is 0 Å². The van der Waals surface area contributed by atoms with Crippen LogP contribution in [0.4, 0.5) is 20.2 Å².